The molecule has 2 heterocycles. The summed E-state index contributed by atoms with van der Waals surface area (Å²) < 4.78 is 11.7. The fourth-order valence-electron chi connectivity index (χ4n) is 2.88. The molecule has 0 aliphatic carbocycles. The van der Waals surface area contributed by atoms with Crippen LogP contribution in [-0.4, -0.2) is 41.9 Å². The number of nitrogens with one attached hydrogen (secondary N) is 1. The van der Waals surface area contributed by atoms with Gasteiger partial charge in [-0.25, -0.2) is 4.98 Å². The van der Waals surface area contributed by atoms with Gasteiger partial charge in [-0.1, -0.05) is 0 Å². The summed E-state index contributed by atoms with van der Waals surface area (Å²) in [5, 5.41) is 11.2. The van der Waals surface area contributed by atoms with E-state index in [2.05, 4.69) is 26.4 Å². The highest BCUT2D eigenvalue weighted by molar-refractivity contribution is 5.82. The highest BCUT2D eigenvalue weighted by atomic mass is 16.5. The monoisotopic (exact) mass is 383 g/mol. The van der Waals surface area contributed by atoms with Crippen molar-refractivity contribution < 1.29 is 14.3 Å². The fourth-order valence-corrected chi connectivity index (χ4v) is 2.88. The molecule has 0 fully saturated rings. The Kier molecular flexibility index (Phi) is 5.59. The fraction of sp³-hybridized carbons (Fsp3) is 0.421. The molecule has 9 heteroatoms. The Hall–Kier alpha value is -3.41. The van der Waals surface area contributed by atoms with Crippen LogP contribution in [0, 0.1) is 12.3 Å². The first-order valence-corrected chi connectivity index (χ1v) is 8.77. The zero-order valence-electron chi connectivity index (χ0n) is 15.8. The summed E-state index contributed by atoms with van der Waals surface area (Å²) in [7, 11) is 2.99. The van der Waals surface area contributed by atoms with Crippen molar-refractivity contribution in [2.24, 2.45) is 10.2 Å². The van der Waals surface area contributed by atoms with Gasteiger partial charge in [0.2, 0.25) is 5.91 Å². The summed E-state index contributed by atoms with van der Waals surface area (Å²) in [6, 6.07) is 3.18. The molecule has 0 atom stereocenters. The third-order valence-corrected chi connectivity index (χ3v) is 4.54. The quantitative estimate of drug-likeness (QED) is 0.660. The number of rotatable bonds is 9. The predicted molar refractivity (Wildman–Crippen MR) is 102 cm³/mol. The van der Waals surface area contributed by atoms with Gasteiger partial charge in [0.15, 0.2) is 17.2 Å². The first-order chi connectivity index (χ1) is 13.5. The average Bonchev–Trinajstić information content (AvgIpc) is 3.47. The molecule has 1 aliphatic rings. The Bertz CT molecular complexity index is 1020. The predicted octanol–water partition coefficient (Wildman–Crippen LogP) is 1.50. The second-order valence-electron chi connectivity index (χ2n) is 6.39. The summed E-state index contributed by atoms with van der Waals surface area (Å²) >= 11 is 0. The topological polar surface area (TPSA) is 107 Å². The normalized spacial score (nSPS) is 13.8. The maximum Gasteiger partial charge on any atom is 0.261 e. The SMILES string of the molecule is C#CCCC1(CCNC(=O)Cn2cnc3cc(OC)c(OC)cc3c2=O)N=N1. The lowest BCUT2D eigenvalue weighted by molar-refractivity contribution is -0.121. The Labute approximate surface area is 161 Å². The minimum Gasteiger partial charge on any atom is -0.493 e. The van der Waals surface area contributed by atoms with Gasteiger partial charge in [0.25, 0.3) is 5.56 Å². The van der Waals surface area contributed by atoms with Gasteiger partial charge in [0.1, 0.15) is 6.54 Å². The summed E-state index contributed by atoms with van der Waals surface area (Å²) in [5.41, 5.74) is -0.318. The summed E-state index contributed by atoms with van der Waals surface area (Å²) in [6.07, 6.45) is 8.46. The highest BCUT2D eigenvalue weighted by Crippen LogP contribution is 2.36. The highest BCUT2D eigenvalue weighted by Gasteiger charge is 2.38. The van der Waals surface area contributed by atoms with Crippen LogP contribution >= 0.6 is 0 Å². The molecular formula is C19H21N5O4. The number of nitrogens with zero attached hydrogens (tertiary/aromatic N) is 4. The van der Waals surface area contributed by atoms with Crippen LogP contribution in [0.1, 0.15) is 19.3 Å². The molecule has 9 nitrogen and oxygen atoms in total. The minimum atomic E-state index is -0.448. The lowest BCUT2D eigenvalue weighted by Crippen LogP contribution is -2.34. The van der Waals surface area contributed by atoms with Gasteiger partial charge in [-0.2, -0.15) is 10.2 Å². The Morgan fingerprint density at radius 2 is 1.96 bits per heavy atom. The minimum absolute atomic E-state index is 0.137. The summed E-state index contributed by atoms with van der Waals surface area (Å²) in [6.45, 7) is 0.263. The molecule has 1 N–H and O–H groups in total. The van der Waals surface area contributed by atoms with Gasteiger partial charge in [0, 0.05) is 31.9 Å². The van der Waals surface area contributed by atoms with Crippen LogP contribution in [0.4, 0.5) is 0 Å². The van der Waals surface area contributed by atoms with Crippen LogP contribution in [0.2, 0.25) is 0 Å². The summed E-state index contributed by atoms with van der Waals surface area (Å²) in [4.78, 5) is 29.1. The standard InChI is InChI=1S/C19H21N5O4/c1-4-5-6-19(22-23-19)7-8-20-17(25)11-24-12-21-14-10-16(28-3)15(27-2)9-13(14)18(24)26/h1,9-10,12H,5-8,11H2,2-3H3,(H,20,25). The van der Waals surface area contributed by atoms with Crippen LogP contribution in [0.15, 0.2) is 33.5 Å². The number of methoxy groups -OCH3 is 2. The number of ether oxygens (including phenoxy) is 2. The van der Waals surface area contributed by atoms with Crippen LogP contribution in [0.25, 0.3) is 10.9 Å². The number of amides is 1. The number of carbonyl (C=O) groups excluding carboxylic acids is 1. The lowest BCUT2D eigenvalue weighted by Gasteiger charge is -2.12. The molecular weight excluding hydrogens is 362 g/mol. The van der Waals surface area contributed by atoms with Crippen molar-refractivity contribution in [1.29, 1.82) is 0 Å². The van der Waals surface area contributed by atoms with E-state index in [4.69, 9.17) is 15.9 Å². The number of terminal acetylenes is 1. The molecule has 2 aromatic rings. The van der Waals surface area contributed by atoms with Crippen LogP contribution in [0.3, 0.4) is 0 Å². The largest absolute Gasteiger partial charge is 0.493 e. The van der Waals surface area contributed by atoms with Gasteiger partial charge in [-0.05, 0) is 6.07 Å². The van der Waals surface area contributed by atoms with Gasteiger partial charge in [-0.15, -0.1) is 12.3 Å². The number of fused-ring (bicyclic) bond motifs is 1. The smallest absolute Gasteiger partial charge is 0.261 e. The molecule has 1 aromatic heterocycles. The van der Waals surface area contributed by atoms with Crippen molar-refractivity contribution >= 4 is 16.8 Å². The average molecular weight is 383 g/mol. The Morgan fingerprint density at radius 3 is 2.61 bits per heavy atom. The van der Waals surface area contributed by atoms with Crippen molar-refractivity contribution in [3.05, 3.63) is 28.8 Å². The Balaban J connectivity index is 1.65. The number of aromatic nitrogens is 2. The molecule has 1 aromatic carbocycles. The van der Waals surface area contributed by atoms with E-state index in [1.54, 1.807) is 12.1 Å². The van der Waals surface area contributed by atoms with E-state index in [1.807, 2.05) is 0 Å². The second-order valence-corrected chi connectivity index (χ2v) is 6.39. The molecule has 28 heavy (non-hydrogen) atoms. The van der Waals surface area contributed by atoms with Gasteiger partial charge in [-0.3, -0.25) is 14.2 Å². The first kappa shape index (κ1) is 19.4. The van der Waals surface area contributed by atoms with Crippen molar-refractivity contribution in [2.45, 2.75) is 31.5 Å². The molecule has 146 valence electrons. The van der Waals surface area contributed by atoms with Gasteiger partial charge in [0.05, 0.1) is 31.4 Å². The molecule has 0 radical (unpaired) electrons. The lowest BCUT2D eigenvalue weighted by atomic mass is 10.0. The number of hydrogen-bond donors (Lipinski definition) is 1. The molecule has 1 aliphatic heterocycles. The molecule has 0 saturated carbocycles. The van der Waals surface area contributed by atoms with E-state index in [0.717, 1.165) is 0 Å². The second kappa shape index (κ2) is 8.08. The van der Waals surface area contributed by atoms with Crippen molar-refractivity contribution in [3.8, 4) is 23.8 Å². The molecule has 0 bridgehead atoms. The molecule has 1 amide bonds. The van der Waals surface area contributed by atoms with Crippen LogP contribution in [-0.2, 0) is 11.3 Å². The van der Waals surface area contributed by atoms with Crippen LogP contribution < -0.4 is 20.3 Å². The first-order valence-electron chi connectivity index (χ1n) is 8.77. The van der Waals surface area contributed by atoms with E-state index in [0.29, 0.717) is 48.2 Å². The summed E-state index contributed by atoms with van der Waals surface area (Å²) in [5.74, 6) is 3.17. The van der Waals surface area contributed by atoms with Crippen molar-refractivity contribution in [2.75, 3.05) is 20.8 Å². The van der Waals surface area contributed by atoms with Crippen LogP contribution in [0.5, 0.6) is 11.5 Å². The third kappa shape index (κ3) is 4.11. The zero-order valence-corrected chi connectivity index (χ0v) is 15.8. The number of benzene rings is 1. The molecule has 0 unspecified atom stereocenters. The molecule has 0 saturated heterocycles. The maximum absolute atomic E-state index is 12.7. The van der Waals surface area contributed by atoms with E-state index in [1.165, 1.54) is 25.1 Å². The van der Waals surface area contributed by atoms with E-state index >= 15 is 0 Å². The number of hydrogen-bond acceptors (Lipinski definition) is 7. The Morgan fingerprint density at radius 1 is 1.25 bits per heavy atom. The number of carbonyl (C=O) groups is 1. The molecule has 0 spiro atoms. The maximum atomic E-state index is 12.7. The zero-order chi connectivity index (χ0) is 20.1. The van der Waals surface area contributed by atoms with Crippen molar-refractivity contribution in [3.63, 3.8) is 0 Å². The van der Waals surface area contributed by atoms with Crippen molar-refractivity contribution in [1.82, 2.24) is 14.9 Å². The third-order valence-electron chi connectivity index (χ3n) is 4.54. The van der Waals surface area contributed by atoms with Gasteiger partial charge >= 0.3 is 0 Å². The van der Waals surface area contributed by atoms with Gasteiger partial charge < -0.3 is 14.8 Å². The van der Waals surface area contributed by atoms with E-state index in [-0.39, 0.29) is 18.0 Å². The van der Waals surface area contributed by atoms with E-state index < -0.39 is 5.66 Å². The molecule has 3 rings (SSSR count). The van der Waals surface area contributed by atoms with E-state index in [9.17, 15) is 9.59 Å².